The van der Waals surface area contributed by atoms with Crippen molar-refractivity contribution in [1.29, 1.82) is 0 Å². The number of carbonyl (C=O) groups is 1. The second-order valence-corrected chi connectivity index (χ2v) is 3.77. The van der Waals surface area contributed by atoms with E-state index in [2.05, 4.69) is 0 Å². The Hall–Kier alpha value is -1.77. The van der Waals surface area contributed by atoms with E-state index in [1.165, 1.54) is 0 Å². The zero-order valence-electron chi connectivity index (χ0n) is 8.77. The van der Waals surface area contributed by atoms with Crippen LogP contribution in [0.1, 0.15) is 18.4 Å². The van der Waals surface area contributed by atoms with E-state index in [9.17, 15) is 4.79 Å². The van der Waals surface area contributed by atoms with Crippen LogP contribution in [0.4, 0.5) is 0 Å². The molecule has 0 aliphatic rings. The van der Waals surface area contributed by atoms with Crippen molar-refractivity contribution in [3.63, 3.8) is 0 Å². The quantitative estimate of drug-likeness (QED) is 0.814. The molecule has 0 spiro atoms. The van der Waals surface area contributed by atoms with Gasteiger partial charge < -0.3 is 9.67 Å². The molecule has 1 aromatic heterocycles. The molecular weight excluding hydrogens is 190 g/mol. The summed E-state index contributed by atoms with van der Waals surface area (Å²) in [6.07, 6.45) is 1.89. The lowest BCUT2D eigenvalue weighted by Crippen LogP contribution is -2.06. The van der Waals surface area contributed by atoms with Crippen molar-refractivity contribution in [3.05, 3.63) is 36.0 Å². The maximum atomic E-state index is 10.9. The summed E-state index contributed by atoms with van der Waals surface area (Å²) in [4.78, 5) is 10.9. The maximum Gasteiger partial charge on any atom is 0.310 e. The van der Waals surface area contributed by atoms with E-state index in [-0.39, 0.29) is 0 Å². The van der Waals surface area contributed by atoms with Crippen LogP contribution in [-0.2, 0) is 11.8 Å². The zero-order valence-corrected chi connectivity index (χ0v) is 8.77. The van der Waals surface area contributed by atoms with Gasteiger partial charge in [-0.15, -0.1) is 0 Å². The molecule has 3 heteroatoms. The zero-order chi connectivity index (χ0) is 11.0. The van der Waals surface area contributed by atoms with E-state index in [0.29, 0.717) is 0 Å². The smallest absolute Gasteiger partial charge is 0.310 e. The van der Waals surface area contributed by atoms with E-state index < -0.39 is 11.9 Å². The number of nitrogens with zero attached hydrogens (tertiary/aromatic N) is 1. The van der Waals surface area contributed by atoms with Crippen molar-refractivity contribution in [2.45, 2.75) is 12.8 Å². The number of aromatic nitrogens is 1. The van der Waals surface area contributed by atoms with Crippen LogP contribution in [0.2, 0.25) is 0 Å². The Labute approximate surface area is 87.9 Å². The number of aryl methyl sites for hydroxylation is 1. The summed E-state index contributed by atoms with van der Waals surface area (Å²) >= 11 is 0. The predicted molar refractivity (Wildman–Crippen MR) is 59.0 cm³/mol. The highest BCUT2D eigenvalue weighted by molar-refractivity contribution is 5.89. The highest BCUT2D eigenvalue weighted by Gasteiger charge is 2.18. The van der Waals surface area contributed by atoms with Gasteiger partial charge in [-0.25, -0.2) is 0 Å². The van der Waals surface area contributed by atoms with Gasteiger partial charge in [0, 0.05) is 24.1 Å². The summed E-state index contributed by atoms with van der Waals surface area (Å²) in [6.45, 7) is 1.71. The lowest BCUT2D eigenvalue weighted by molar-refractivity contribution is -0.138. The molecular formula is C12H13NO2. The molecule has 1 heterocycles. The van der Waals surface area contributed by atoms with Crippen LogP contribution in [-0.4, -0.2) is 15.6 Å². The van der Waals surface area contributed by atoms with Gasteiger partial charge in [0.05, 0.1) is 5.92 Å². The molecule has 0 fully saturated rings. The van der Waals surface area contributed by atoms with Crippen molar-refractivity contribution < 1.29 is 9.90 Å². The number of fused-ring (bicyclic) bond motifs is 1. The van der Waals surface area contributed by atoms with Gasteiger partial charge >= 0.3 is 5.97 Å². The average molecular weight is 203 g/mol. The van der Waals surface area contributed by atoms with Gasteiger partial charge in [0.25, 0.3) is 0 Å². The highest BCUT2D eigenvalue weighted by Crippen LogP contribution is 2.26. The molecule has 78 valence electrons. The van der Waals surface area contributed by atoms with Gasteiger partial charge in [0.2, 0.25) is 0 Å². The summed E-state index contributed by atoms with van der Waals surface area (Å²) in [5.41, 5.74) is 1.95. The van der Waals surface area contributed by atoms with E-state index in [1.54, 1.807) is 6.92 Å². The number of aliphatic carboxylic acids is 1. The first-order chi connectivity index (χ1) is 7.11. The van der Waals surface area contributed by atoms with E-state index in [4.69, 9.17) is 5.11 Å². The van der Waals surface area contributed by atoms with Crippen LogP contribution < -0.4 is 0 Å². The molecule has 0 aliphatic heterocycles. The van der Waals surface area contributed by atoms with E-state index >= 15 is 0 Å². The number of hydrogen-bond acceptors (Lipinski definition) is 1. The second kappa shape index (κ2) is 3.42. The SMILES string of the molecule is C[C@@H](C(=O)O)c1cn(C)c2ccccc12. The van der Waals surface area contributed by atoms with Crippen molar-refractivity contribution >= 4 is 16.9 Å². The lowest BCUT2D eigenvalue weighted by Gasteiger charge is -2.03. The third-order valence-corrected chi connectivity index (χ3v) is 2.76. The van der Waals surface area contributed by atoms with Crippen molar-refractivity contribution in [1.82, 2.24) is 4.57 Å². The number of benzene rings is 1. The Morgan fingerprint density at radius 2 is 2.07 bits per heavy atom. The van der Waals surface area contributed by atoms with E-state index in [0.717, 1.165) is 16.5 Å². The van der Waals surface area contributed by atoms with Crippen LogP contribution in [0.15, 0.2) is 30.5 Å². The summed E-state index contributed by atoms with van der Waals surface area (Å²) in [7, 11) is 1.93. The number of para-hydroxylation sites is 1. The van der Waals surface area contributed by atoms with Crippen LogP contribution in [0, 0.1) is 0 Å². The molecule has 1 atom stereocenters. The lowest BCUT2D eigenvalue weighted by atomic mass is 10.0. The minimum absolute atomic E-state index is 0.462. The van der Waals surface area contributed by atoms with Crippen LogP contribution in [0.5, 0.6) is 0 Å². The summed E-state index contributed by atoms with van der Waals surface area (Å²) in [5.74, 6) is -1.25. The van der Waals surface area contributed by atoms with Crippen LogP contribution in [0.25, 0.3) is 10.9 Å². The van der Waals surface area contributed by atoms with Gasteiger partial charge in [-0.1, -0.05) is 18.2 Å². The summed E-state index contributed by atoms with van der Waals surface area (Å²) < 4.78 is 1.96. The Morgan fingerprint density at radius 1 is 1.40 bits per heavy atom. The number of carboxylic acid groups (broad SMARTS) is 1. The number of rotatable bonds is 2. The molecule has 0 radical (unpaired) electrons. The van der Waals surface area contributed by atoms with Gasteiger partial charge in [-0.05, 0) is 18.6 Å². The topological polar surface area (TPSA) is 42.2 Å². The van der Waals surface area contributed by atoms with Crippen LogP contribution >= 0.6 is 0 Å². The Balaban J connectivity index is 2.67. The van der Waals surface area contributed by atoms with Crippen molar-refractivity contribution in [2.75, 3.05) is 0 Å². The molecule has 0 bridgehead atoms. The molecule has 0 amide bonds. The van der Waals surface area contributed by atoms with Gasteiger partial charge in [-0.2, -0.15) is 0 Å². The summed E-state index contributed by atoms with van der Waals surface area (Å²) in [6, 6.07) is 7.84. The number of carboxylic acids is 1. The largest absolute Gasteiger partial charge is 0.481 e. The monoisotopic (exact) mass is 203 g/mol. The summed E-state index contributed by atoms with van der Waals surface area (Å²) in [5, 5.41) is 10.0. The fraction of sp³-hybridized carbons (Fsp3) is 0.250. The molecule has 0 unspecified atom stereocenters. The van der Waals surface area contributed by atoms with Gasteiger partial charge in [0.15, 0.2) is 0 Å². The molecule has 2 rings (SSSR count). The van der Waals surface area contributed by atoms with Gasteiger partial charge in [-0.3, -0.25) is 4.79 Å². The fourth-order valence-corrected chi connectivity index (χ4v) is 1.85. The molecule has 1 N–H and O–H groups in total. The average Bonchev–Trinajstić information content (AvgIpc) is 2.56. The predicted octanol–water partition coefficient (Wildman–Crippen LogP) is 2.37. The number of hydrogen-bond donors (Lipinski definition) is 1. The third kappa shape index (κ3) is 1.50. The van der Waals surface area contributed by atoms with E-state index in [1.807, 2.05) is 42.1 Å². The first-order valence-corrected chi connectivity index (χ1v) is 4.88. The first kappa shape index (κ1) is 9.77. The molecule has 15 heavy (non-hydrogen) atoms. The Morgan fingerprint density at radius 3 is 2.73 bits per heavy atom. The second-order valence-electron chi connectivity index (χ2n) is 3.77. The molecule has 0 saturated carbocycles. The minimum Gasteiger partial charge on any atom is -0.481 e. The van der Waals surface area contributed by atoms with Crippen molar-refractivity contribution in [3.8, 4) is 0 Å². The molecule has 1 aromatic carbocycles. The fourth-order valence-electron chi connectivity index (χ4n) is 1.85. The maximum absolute atomic E-state index is 10.9. The molecule has 2 aromatic rings. The molecule has 0 saturated heterocycles. The van der Waals surface area contributed by atoms with Gasteiger partial charge in [0.1, 0.15) is 0 Å². The third-order valence-electron chi connectivity index (χ3n) is 2.76. The normalized spacial score (nSPS) is 12.9. The Bertz CT molecular complexity index is 513. The first-order valence-electron chi connectivity index (χ1n) is 4.88. The molecule has 3 nitrogen and oxygen atoms in total. The Kier molecular flexibility index (Phi) is 2.23. The standard InChI is InChI=1S/C12H13NO2/c1-8(12(14)15)10-7-13(2)11-6-4-3-5-9(10)11/h3-8H,1-2H3,(H,14,15)/t8-/m1/s1. The minimum atomic E-state index is -0.786. The van der Waals surface area contributed by atoms with Crippen molar-refractivity contribution in [2.24, 2.45) is 7.05 Å². The molecule has 0 aliphatic carbocycles. The highest BCUT2D eigenvalue weighted by atomic mass is 16.4. The van der Waals surface area contributed by atoms with Crippen LogP contribution in [0.3, 0.4) is 0 Å².